The zero-order chi connectivity index (χ0) is 14.7. The van der Waals surface area contributed by atoms with E-state index in [2.05, 4.69) is 10.1 Å². The van der Waals surface area contributed by atoms with Crippen LogP contribution in [0.15, 0.2) is 47.8 Å². The number of nitrogens with one attached hydrogen (secondary N) is 1. The first-order valence-corrected chi connectivity index (χ1v) is 5.81. The molecule has 20 heavy (non-hydrogen) atoms. The van der Waals surface area contributed by atoms with Gasteiger partial charge in [0.05, 0.1) is 24.2 Å². The molecule has 0 radical (unpaired) electrons. The molecule has 0 spiro atoms. The summed E-state index contributed by atoms with van der Waals surface area (Å²) in [6.07, 6.45) is 2.74. The van der Waals surface area contributed by atoms with Gasteiger partial charge >= 0.3 is 11.9 Å². The van der Waals surface area contributed by atoms with E-state index in [9.17, 15) is 19.8 Å². The summed E-state index contributed by atoms with van der Waals surface area (Å²) in [5, 5.41) is 21.2. The molecule has 6 heteroatoms. The number of phenols is 1. The summed E-state index contributed by atoms with van der Waals surface area (Å²) in [7, 11) is 1.23. The summed E-state index contributed by atoms with van der Waals surface area (Å²) in [6.45, 7) is 0. The van der Waals surface area contributed by atoms with Crippen LogP contribution in [0.4, 0.5) is 0 Å². The number of ether oxygens (including phenoxy) is 1. The maximum Gasteiger partial charge on any atom is 0.336 e. The minimum Gasteiger partial charge on any atom is -0.508 e. The van der Waals surface area contributed by atoms with Crippen molar-refractivity contribution in [2.45, 2.75) is 5.92 Å². The molecular formula is C14H13NO5. The number of aliphatic carboxylic acids is 1. The Morgan fingerprint density at radius 1 is 1.15 bits per heavy atom. The Morgan fingerprint density at radius 3 is 2.30 bits per heavy atom. The average molecular weight is 275 g/mol. The van der Waals surface area contributed by atoms with E-state index in [1.54, 1.807) is 12.1 Å². The van der Waals surface area contributed by atoms with E-state index >= 15 is 0 Å². The molecule has 1 heterocycles. The van der Waals surface area contributed by atoms with E-state index in [0.717, 1.165) is 0 Å². The van der Waals surface area contributed by atoms with E-state index in [0.29, 0.717) is 5.56 Å². The van der Waals surface area contributed by atoms with E-state index in [-0.39, 0.29) is 16.9 Å². The minimum absolute atomic E-state index is 0.0265. The van der Waals surface area contributed by atoms with Gasteiger partial charge in [0.1, 0.15) is 5.75 Å². The number of esters is 1. The number of phenolic OH excluding ortho intramolecular Hbond substituents is 1. The van der Waals surface area contributed by atoms with Gasteiger partial charge in [0, 0.05) is 12.4 Å². The number of hydrogen-bond donors (Lipinski definition) is 3. The lowest BCUT2D eigenvalue weighted by Gasteiger charge is -2.23. The number of carbonyl (C=O) groups is 2. The molecule has 1 aliphatic heterocycles. The van der Waals surface area contributed by atoms with Gasteiger partial charge in [-0.25, -0.2) is 9.59 Å². The highest BCUT2D eigenvalue weighted by molar-refractivity contribution is 5.97. The first kappa shape index (κ1) is 13.7. The van der Waals surface area contributed by atoms with E-state index in [4.69, 9.17) is 0 Å². The van der Waals surface area contributed by atoms with Gasteiger partial charge in [0.2, 0.25) is 0 Å². The molecule has 0 aliphatic carbocycles. The highest BCUT2D eigenvalue weighted by atomic mass is 16.5. The second kappa shape index (κ2) is 5.48. The number of rotatable bonds is 3. The minimum atomic E-state index is -1.13. The van der Waals surface area contributed by atoms with Crippen molar-refractivity contribution in [2.24, 2.45) is 0 Å². The number of carboxylic acids is 1. The topological polar surface area (TPSA) is 95.9 Å². The Balaban J connectivity index is 2.49. The fraction of sp³-hybridized carbons (Fsp3) is 0.143. The molecule has 1 aromatic carbocycles. The van der Waals surface area contributed by atoms with Gasteiger partial charge in [-0.15, -0.1) is 0 Å². The lowest BCUT2D eigenvalue weighted by atomic mass is 9.84. The quantitative estimate of drug-likeness (QED) is 0.715. The van der Waals surface area contributed by atoms with Crippen molar-refractivity contribution < 1.29 is 24.5 Å². The third kappa shape index (κ3) is 2.49. The van der Waals surface area contributed by atoms with Gasteiger partial charge in [-0.1, -0.05) is 12.1 Å². The van der Waals surface area contributed by atoms with Crippen LogP contribution in [0.1, 0.15) is 11.5 Å². The zero-order valence-corrected chi connectivity index (χ0v) is 10.7. The molecule has 0 saturated heterocycles. The number of methoxy groups -OCH3 is 1. The highest BCUT2D eigenvalue weighted by Gasteiger charge is 2.32. The summed E-state index contributed by atoms with van der Waals surface area (Å²) in [4.78, 5) is 23.1. The smallest absolute Gasteiger partial charge is 0.336 e. The SMILES string of the molecule is COC(=O)C1=CNC=C(C(=O)O)C1c1ccc(O)cc1. The second-order valence-corrected chi connectivity index (χ2v) is 4.19. The van der Waals surface area contributed by atoms with Crippen molar-refractivity contribution in [1.29, 1.82) is 0 Å². The lowest BCUT2D eigenvalue weighted by molar-refractivity contribution is -0.136. The molecule has 2 rings (SSSR count). The molecule has 3 N–H and O–H groups in total. The summed E-state index contributed by atoms with van der Waals surface area (Å²) < 4.78 is 4.68. The van der Waals surface area contributed by atoms with Gasteiger partial charge < -0.3 is 20.3 Å². The Hall–Kier alpha value is -2.76. The maximum atomic E-state index is 11.8. The summed E-state index contributed by atoms with van der Waals surface area (Å²) >= 11 is 0. The number of carbonyl (C=O) groups excluding carboxylic acids is 1. The highest BCUT2D eigenvalue weighted by Crippen LogP contribution is 2.34. The number of aromatic hydroxyl groups is 1. The van der Waals surface area contributed by atoms with Crippen LogP contribution in [0, 0.1) is 0 Å². The van der Waals surface area contributed by atoms with Crippen LogP contribution in [0.2, 0.25) is 0 Å². The molecule has 0 aromatic heterocycles. The van der Waals surface area contributed by atoms with Crippen LogP contribution in [-0.4, -0.2) is 29.3 Å². The predicted molar refractivity (Wildman–Crippen MR) is 69.8 cm³/mol. The molecule has 1 aliphatic rings. The maximum absolute atomic E-state index is 11.8. The van der Waals surface area contributed by atoms with Crippen LogP contribution in [-0.2, 0) is 14.3 Å². The largest absolute Gasteiger partial charge is 0.508 e. The molecule has 1 atom stereocenters. The number of benzene rings is 1. The molecule has 0 fully saturated rings. The van der Waals surface area contributed by atoms with Crippen LogP contribution in [0.25, 0.3) is 0 Å². The molecule has 1 unspecified atom stereocenters. The summed E-state index contributed by atoms with van der Waals surface area (Å²) in [6, 6.07) is 6.01. The third-order valence-electron chi connectivity index (χ3n) is 2.99. The second-order valence-electron chi connectivity index (χ2n) is 4.19. The van der Waals surface area contributed by atoms with Gasteiger partial charge in [0.25, 0.3) is 0 Å². The van der Waals surface area contributed by atoms with E-state index in [1.807, 2.05) is 0 Å². The Kier molecular flexibility index (Phi) is 3.74. The molecule has 6 nitrogen and oxygen atoms in total. The molecule has 104 valence electrons. The van der Waals surface area contributed by atoms with Crippen LogP contribution in [0.3, 0.4) is 0 Å². The van der Waals surface area contributed by atoms with E-state index < -0.39 is 17.9 Å². The van der Waals surface area contributed by atoms with Crippen LogP contribution in [0.5, 0.6) is 5.75 Å². The van der Waals surface area contributed by atoms with Crippen LogP contribution >= 0.6 is 0 Å². The predicted octanol–water partition coefficient (Wildman–Crippen LogP) is 1.10. The monoisotopic (exact) mass is 275 g/mol. The molecular weight excluding hydrogens is 262 g/mol. The van der Waals surface area contributed by atoms with Gasteiger partial charge in [0.15, 0.2) is 0 Å². The first-order chi connectivity index (χ1) is 9.54. The Morgan fingerprint density at radius 2 is 1.75 bits per heavy atom. The van der Waals surface area contributed by atoms with Crippen molar-refractivity contribution in [3.63, 3.8) is 0 Å². The molecule has 0 saturated carbocycles. The van der Waals surface area contributed by atoms with Crippen molar-refractivity contribution in [3.05, 3.63) is 53.4 Å². The number of dihydropyridines is 1. The van der Waals surface area contributed by atoms with Crippen molar-refractivity contribution in [2.75, 3.05) is 7.11 Å². The zero-order valence-electron chi connectivity index (χ0n) is 10.7. The van der Waals surface area contributed by atoms with Crippen molar-refractivity contribution in [1.82, 2.24) is 5.32 Å². The molecule has 0 amide bonds. The lowest BCUT2D eigenvalue weighted by Crippen LogP contribution is -2.25. The Labute approximate surface area is 115 Å². The van der Waals surface area contributed by atoms with Gasteiger partial charge in [-0.05, 0) is 17.7 Å². The first-order valence-electron chi connectivity index (χ1n) is 5.81. The van der Waals surface area contributed by atoms with Gasteiger partial charge in [-0.3, -0.25) is 0 Å². The van der Waals surface area contributed by atoms with Crippen LogP contribution < -0.4 is 5.32 Å². The Bertz CT molecular complexity index is 600. The third-order valence-corrected chi connectivity index (χ3v) is 2.99. The standard InChI is InChI=1S/C14H13NO5/c1-20-14(19)11-7-15-6-10(13(17)18)12(11)8-2-4-9(16)5-3-8/h2-7,12,15-16H,1H3,(H,17,18). The fourth-order valence-electron chi connectivity index (χ4n) is 2.06. The van der Waals surface area contributed by atoms with Crippen molar-refractivity contribution >= 4 is 11.9 Å². The molecule has 0 bridgehead atoms. The van der Waals surface area contributed by atoms with Gasteiger partial charge in [-0.2, -0.15) is 0 Å². The fourth-order valence-corrected chi connectivity index (χ4v) is 2.06. The molecule has 1 aromatic rings. The normalized spacial score (nSPS) is 17.6. The van der Waals surface area contributed by atoms with E-state index in [1.165, 1.54) is 31.6 Å². The number of hydrogen-bond acceptors (Lipinski definition) is 5. The van der Waals surface area contributed by atoms with Crippen molar-refractivity contribution in [3.8, 4) is 5.75 Å². The number of carboxylic acid groups (broad SMARTS) is 1. The average Bonchev–Trinajstić information content (AvgIpc) is 2.46. The summed E-state index contributed by atoms with van der Waals surface area (Å²) in [5.74, 6) is -2.43. The summed E-state index contributed by atoms with van der Waals surface area (Å²) in [5.41, 5.74) is 0.797.